The fraction of sp³-hybridized carbons (Fsp3) is 0.533. The molecule has 1 aromatic rings. The van der Waals surface area contributed by atoms with E-state index in [0.29, 0.717) is 25.1 Å². The predicted octanol–water partition coefficient (Wildman–Crippen LogP) is 1.26. The number of benzene rings is 1. The summed E-state index contributed by atoms with van der Waals surface area (Å²) in [5.74, 6) is -2.14. The molecule has 1 fully saturated rings. The average Bonchev–Trinajstić information content (AvgIpc) is 2.51. The molecule has 2 rings (SSSR count). The Kier molecular flexibility index (Phi) is 6.25. The van der Waals surface area contributed by atoms with Crippen molar-refractivity contribution in [2.75, 3.05) is 26.2 Å². The van der Waals surface area contributed by atoms with Crippen LogP contribution in [0.2, 0.25) is 0 Å². The van der Waals surface area contributed by atoms with Gasteiger partial charge in [-0.3, -0.25) is 4.79 Å². The molecule has 0 radical (unpaired) electrons. The SMILES string of the molecule is CC1CCCN(S(=O)(=O)NCCNC(=O)c2ccc(F)cc2F)C1. The zero-order chi connectivity index (χ0) is 17.7. The second-order valence-electron chi connectivity index (χ2n) is 5.88. The molecule has 2 N–H and O–H groups in total. The largest absolute Gasteiger partial charge is 0.351 e. The number of halogens is 2. The van der Waals surface area contributed by atoms with Crippen LogP contribution in [0, 0.1) is 17.6 Å². The average molecular weight is 361 g/mol. The second kappa shape index (κ2) is 8.00. The molecular weight excluding hydrogens is 340 g/mol. The first-order valence-corrected chi connectivity index (χ1v) is 9.21. The highest BCUT2D eigenvalue weighted by Gasteiger charge is 2.26. The van der Waals surface area contributed by atoms with Crippen LogP contribution in [0.3, 0.4) is 0 Å². The van der Waals surface area contributed by atoms with Crippen molar-refractivity contribution in [1.82, 2.24) is 14.3 Å². The van der Waals surface area contributed by atoms with E-state index in [1.54, 1.807) is 0 Å². The summed E-state index contributed by atoms with van der Waals surface area (Å²) >= 11 is 0. The molecule has 24 heavy (non-hydrogen) atoms. The van der Waals surface area contributed by atoms with Gasteiger partial charge in [-0.05, 0) is 30.9 Å². The number of carbonyl (C=O) groups excluding carboxylic acids is 1. The van der Waals surface area contributed by atoms with Crippen LogP contribution in [0.5, 0.6) is 0 Å². The molecule has 6 nitrogen and oxygen atoms in total. The number of piperidine rings is 1. The van der Waals surface area contributed by atoms with Gasteiger partial charge < -0.3 is 5.32 Å². The molecule has 0 aliphatic carbocycles. The molecule has 1 amide bonds. The molecule has 0 saturated carbocycles. The highest BCUT2D eigenvalue weighted by molar-refractivity contribution is 7.87. The fourth-order valence-corrected chi connectivity index (χ4v) is 3.94. The van der Waals surface area contributed by atoms with Crippen LogP contribution in [0.1, 0.15) is 30.1 Å². The van der Waals surface area contributed by atoms with E-state index >= 15 is 0 Å². The van der Waals surface area contributed by atoms with Crippen molar-refractivity contribution in [2.24, 2.45) is 5.92 Å². The fourth-order valence-electron chi connectivity index (χ4n) is 2.58. The molecule has 1 atom stereocenters. The first-order valence-electron chi connectivity index (χ1n) is 7.77. The van der Waals surface area contributed by atoms with Crippen molar-refractivity contribution in [2.45, 2.75) is 19.8 Å². The number of nitrogens with zero attached hydrogens (tertiary/aromatic N) is 1. The molecule has 1 saturated heterocycles. The highest BCUT2D eigenvalue weighted by atomic mass is 32.2. The topological polar surface area (TPSA) is 78.5 Å². The lowest BCUT2D eigenvalue weighted by Gasteiger charge is -2.29. The summed E-state index contributed by atoms with van der Waals surface area (Å²) in [5.41, 5.74) is -0.288. The minimum absolute atomic E-state index is 0.00171. The summed E-state index contributed by atoms with van der Waals surface area (Å²) < 4.78 is 54.3. The lowest BCUT2D eigenvalue weighted by atomic mass is 10.0. The van der Waals surface area contributed by atoms with Crippen LogP contribution in [-0.4, -0.2) is 44.8 Å². The van der Waals surface area contributed by atoms with Gasteiger partial charge in [0, 0.05) is 32.2 Å². The maximum absolute atomic E-state index is 13.5. The van der Waals surface area contributed by atoms with E-state index in [-0.39, 0.29) is 18.7 Å². The van der Waals surface area contributed by atoms with Crippen LogP contribution < -0.4 is 10.0 Å². The van der Waals surface area contributed by atoms with Gasteiger partial charge >= 0.3 is 0 Å². The number of amides is 1. The molecule has 0 bridgehead atoms. The van der Waals surface area contributed by atoms with Crippen LogP contribution >= 0.6 is 0 Å². The minimum Gasteiger partial charge on any atom is -0.351 e. The van der Waals surface area contributed by atoms with Gasteiger partial charge in [0.1, 0.15) is 11.6 Å². The molecule has 1 heterocycles. The zero-order valence-electron chi connectivity index (χ0n) is 13.4. The smallest absolute Gasteiger partial charge is 0.279 e. The Morgan fingerprint density at radius 1 is 1.33 bits per heavy atom. The van der Waals surface area contributed by atoms with Gasteiger partial charge in [-0.1, -0.05) is 6.92 Å². The van der Waals surface area contributed by atoms with Crippen LogP contribution in [0.4, 0.5) is 8.78 Å². The first kappa shape index (κ1) is 18.8. The van der Waals surface area contributed by atoms with Crippen LogP contribution in [0.25, 0.3) is 0 Å². The van der Waals surface area contributed by atoms with Crippen molar-refractivity contribution >= 4 is 16.1 Å². The van der Waals surface area contributed by atoms with E-state index in [9.17, 15) is 22.0 Å². The van der Waals surface area contributed by atoms with Crippen molar-refractivity contribution in [3.05, 3.63) is 35.4 Å². The quantitative estimate of drug-likeness (QED) is 0.749. The Bertz CT molecular complexity index is 697. The molecule has 1 aliphatic heterocycles. The Labute approximate surface area is 140 Å². The molecular formula is C15H21F2N3O3S. The summed E-state index contributed by atoms with van der Waals surface area (Å²) in [6.07, 6.45) is 1.83. The van der Waals surface area contributed by atoms with Crippen molar-refractivity contribution in [3.63, 3.8) is 0 Å². The van der Waals surface area contributed by atoms with Gasteiger partial charge in [0.2, 0.25) is 0 Å². The summed E-state index contributed by atoms with van der Waals surface area (Å²) in [6.45, 7) is 2.94. The second-order valence-corrected chi connectivity index (χ2v) is 7.64. The molecule has 1 unspecified atom stereocenters. The summed E-state index contributed by atoms with van der Waals surface area (Å²) in [5, 5.41) is 2.40. The van der Waals surface area contributed by atoms with Gasteiger partial charge in [-0.15, -0.1) is 0 Å². The number of rotatable bonds is 6. The van der Waals surface area contributed by atoms with Gasteiger partial charge in [-0.25, -0.2) is 13.5 Å². The maximum Gasteiger partial charge on any atom is 0.279 e. The van der Waals surface area contributed by atoms with E-state index in [0.717, 1.165) is 25.0 Å². The first-order chi connectivity index (χ1) is 11.3. The van der Waals surface area contributed by atoms with Gasteiger partial charge in [0.05, 0.1) is 5.56 Å². The van der Waals surface area contributed by atoms with Gasteiger partial charge in [0.25, 0.3) is 16.1 Å². The number of hydrogen-bond acceptors (Lipinski definition) is 3. The third-order valence-corrected chi connectivity index (χ3v) is 5.41. The molecule has 0 aromatic heterocycles. The zero-order valence-corrected chi connectivity index (χ0v) is 14.2. The van der Waals surface area contributed by atoms with E-state index in [2.05, 4.69) is 10.0 Å². The molecule has 1 aromatic carbocycles. The van der Waals surface area contributed by atoms with Crippen LogP contribution in [-0.2, 0) is 10.2 Å². The molecule has 0 spiro atoms. The summed E-state index contributed by atoms with van der Waals surface area (Å²) in [6, 6.07) is 2.65. The van der Waals surface area contributed by atoms with E-state index in [1.165, 1.54) is 4.31 Å². The number of nitrogens with one attached hydrogen (secondary N) is 2. The lowest BCUT2D eigenvalue weighted by molar-refractivity contribution is 0.0950. The third-order valence-electron chi connectivity index (χ3n) is 3.83. The highest BCUT2D eigenvalue weighted by Crippen LogP contribution is 2.17. The molecule has 9 heteroatoms. The van der Waals surface area contributed by atoms with Gasteiger partial charge in [-0.2, -0.15) is 12.7 Å². The predicted molar refractivity (Wildman–Crippen MR) is 85.6 cm³/mol. The van der Waals surface area contributed by atoms with Crippen LogP contribution in [0.15, 0.2) is 18.2 Å². The summed E-state index contributed by atoms with van der Waals surface area (Å²) in [4.78, 5) is 11.8. The van der Waals surface area contributed by atoms with Crippen molar-refractivity contribution in [1.29, 1.82) is 0 Å². The normalized spacial score (nSPS) is 19.2. The van der Waals surface area contributed by atoms with Gasteiger partial charge in [0.15, 0.2) is 0 Å². The lowest BCUT2D eigenvalue weighted by Crippen LogP contribution is -2.47. The Morgan fingerprint density at radius 3 is 2.75 bits per heavy atom. The number of hydrogen-bond donors (Lipinski definition) is 2. The summed E-state index contributed by atoms with van der Waals surface area (Å²) in [7, 11) is -3.58. The molecule has 1 aliphatic rings. The third kappa shape index (κ3) is 4.96. The monoisotopic (exact) mass is 361 g/mol. The van der Waals surface area contributed by atoms with Crippen molar-refractivity contribution < 1.29 is 22.0 Å². The minimum atomic E-state index is -3.58. The Balaban J connectivity index is 1.80. The number of carbonyl (C=O) groups is 1. The maximum atomic E-state index is 13.5. The van der Waals surface area contributed by atoms with E-state index in [4.69, 9.17) is 0 Å². The van der Waals surface area contributed by atoms with E-state index in [1.807, 2.05) is 6.92 Å². The Morgan fingerprint density at radius 2 is 2.08 bits per heavy atom. The van der Waals surface area contributed by atoms with E-state index < -0.39 is 27.8 Å². The van der Waals surface area contributed by atoms with Crippen molar-refractivity contribution in [3.8, 4) is 0 Å². The molecule has 134 valence electrons. The Hall–Kier alpha value is -1.58. The standard InChI is InChI=1S/C15H21F2N3O3S/c1-11-3-2-8-20(10-11)24(22,23)19-7-6-18-15(21)13-5-4-12(16)9-14(13)17/h4-5,9,11,19H,2-3,6-8,10H2,1H3,(H,18,21).